The van der Waals surface area contributed by atoms with Crippen LogP contribution in [0.2, 0.25) is 0 Å². The highest BCUT2D eigenvalue weighted by Crippen LogP contribution is 2.37. The van der Waals surface area contributed by atoms with Crippen molar-refractivity contribution in [2.75, 3.05) is 13.1 Å². The van der Waals surface area contributed by atoms with Gasteiger partial charge < -0.3 is 9.80 Å². The van der Waals surface area contributed by atoms with E-state index in [-0.39, 0.29) is 23.8 Å². The van der Waals surface area contributed by atoms with Crippen LogP contribution in [0.25, 0.3) is 0 Å². The first-order valence-corrected chi connectivity index (χ1v) is 8.80. The van der Waals surface area contributed by atoms with Crippen LogP contribution >= 0.6 is 11.3 Å². The number of hydrogen-bond donors (Lipinski definition) is 0. The van der Waals surface area contributed by atoms with Gasteiger partial charge in [0.15, 0.2) is 0 Å². The number of carbonyl (C=O) groups is 2. The van der Waals surface area contributed by atoms with E-state index < -0.39 is 0 Å². The van der Waals surface area contributed by atoms with Gasteiger partial charge in [-0.2, -0.15) is 11.3 Å². The maximum Gasteiger partial charge on any atom is 0.228 e. The molecule has 0 bridgehead atoms. The molecule has 21 heavy (non-hydrogen) atoms. The molecule has 2 amide bonds. The van der Waals surface area contributed by atoms with Crippen LogP contribution in [0.3, 0.4) is 0 Å². The topological polar surface area (TPSA) is 40.6 Å². The number of amides is 2. The molecule has 112 valence electrons. The Morgan fingerprint density at radius 3 is 2.86 bits per heavy atom. The Bertz CT molecular complexity index is 553. The fourth-order valence-corrected chi connectivity index (χ4v) is 4.42. The van der Waals surface area contributed by atoms with E-state index in [4.69, 9.17) is 0 Å². The van der Waals surface area contributed by atoms with Crippen molar-refractivity contribution in [2.45, 2.75) is 44.2 Å². The van der Waals surface area contributed by atoms with Gasteiger partial charge in [0.1, 0.15) is 0 Å². The Balaban J connectivity index is 1.48. The van der Waals surface area contributed by atoms with Crippen molar-refractivity contribution in [3.8, 4) is 0 Å². The Morgan fingerprint density at radius 1 is 1.29 bits per heavy atom. The lowest BCUT2D eigenvalue weighted by Gasteiger charge is -2.27. The third kappa shape index (κ3) is 2.37. The van der Waals surface area contributed by atoms with Crippen LogP contribution in [0, 0.1) is 5.92 Å². The Labute approximate surface area is 128 Å². The lowest BCUT2D eigenvalue weighted by Crippen LogP contribution is -2.37. The summed E-state index contributed by atoms with van der Waals surface area (Å²) in [4.78, 5) is 28.9. The molecular weight excluding hydrogens is 284 g/mol. The van der Waals surface area contributed by atoms with E-state index in [2.05, 4.69) is 16.8 Å². The van der Waals surface area contributed by atoms with Crippen LogP contribution in [-0.2, 0) is 9.59 Å². The largest absolute Gasteiger partial charge is 0.339 e. The van der Waals surface area contributed by atoms with E-state index in [1.54, 1.807) is 11.3 Å². The molecule has 4 rings (SSSR count). The summed E-state index contributed by atoms with van der Waals surface area (Å²) in [6.45, 7) is 1.49. The summed E-state index contributed by atoms with van der Waals surface area (Å²) in [5.74, 6) is 0.264. The quantitative estimate of drug-likeness (QED) is 0.860. The van der Waals surface area contributed by atoms with Gasteiger partial charge in [0.2, 0.25) is 11.8 Å². The zero-order valence-electron chi connectivity index (χ0n) is 12.0. The van der Waals surface area contributed by atoms with Crippen molar-refractivity contribution in [3.63, 3.8) is 0 Å². The van der Waals surface area contributed by atoms with E-state index in [0.717, 1.165) is 32.2 Å². The third-order valence-corrected chi connectivity index (χ3v) is 5.66. The minimum absolute atomic E-state index is 0.114. The SMILES string of the molecule is O=C1C[C@H](C(=O)N2CCC[C@@H]2c2ccsc2)CN1C1CC1. The molecule has 1 aromatic rings. The number of likely N-dealkylation sites (tertiary alicyclic amines) is 2. The highest BCUT2D eigenvalue weighted by atomic mass is 32.1. The maximum absolute atomic E-state index is 12.8. The third-order valence-electron chi connectivity index (χ3n) is 4.96. The van der Waals surface area contributed by atoms with Crippen LogP contribution in [0.5, 0.6) is 0 Å². The van der Waals surface area contributed by atoms with Gasteiger partial charge in [0, 0.05) is 25.6 Å². The second kappa shape index (κ2) is 5.13. The minimum atomic E-state index is -0.114. The molecule has 0 aromatic carbocycles. The number of thiophene rings is 1. The van der Waals surface area contributed by atoms with Gasteiger partial charge >= 0.3 is 0 Å². The molecule has 3 heterocycles. The molecule has 2 atom stereocenters. The molecule has 2 saturated heterocycles. The van der Waals surface area contributed by atoms with E-state index in [9.17, 15) is 9.59 Å². The van der Waals surface area contributed by atoms with Crippen LogP contribution in [0.1, 0.15) is 43.7 Å². The molecule has 0 N–H and O–H groups in total. The average molecular weight is 304 g/mol. The number of rotatable bonds is 3. The monoisotopic (exact) mass is 304 g/mol. The molecular formula is C16H20N2O2S. The number of nitrogens with zero attached hydrogens (tertiary/aromatic N) is 2. The summed E-state index contributed by atoms with van der Waals surface area (Å²) in [5, 5.41) is 4.22. The Hall–Kier alpha value is -1.36. The van der Waals surface area contributed by atoms with Crippen LogP contribution < -0.4 is 0 Å². The molecule has 3 aliphatic rings. The first-order chi connectivity index (χ1) is 10.2. The predicted octanol–water partition coefficient (Wildman–Crippen LogP) is 2.42. The van der Waals surface area contributed by atoms with Crippen molar-refractivity contribution in [1.29, 1.82) is 0 Å². The first-order valence-electron chi connectivity index (χ1n) is 7.86. The first kappa shape index (κ1) is 13.3. The molecule has 0 spiro atoms. The summed E-state index contributed by atoms with van der Waals surface area (Å²) in [6.07, 6.45) is 4.78. The molecule has 1 aliphatic carbocycles. The molecule has 0 unspecified atom stereocenters. The molecule has 5 heteroatoms. The van der Waals surface area contributed by atoms with Crippen molar-refractivity contribution in [2.24, 2.45) is 5.92 Å². The van der Waals surface area contributed by atoms with Crippen molar-refractivity contribution >= 4 is 23.2 Å². The lowest BCUT2D eigenvalue weighted by molar-refractivity contribution is -0.136. The fraction of sp³-hybridized carbons (Fsp3) is 0.625. The van der Waals surface area contributed by atoms with Crippen LogP contribution in [-0.4, -0.2) is 40.7 Å². The predicted molar refractivity (Wildman–Crippen MR) is 80.8 cm³/mol. The molecule has 2 aliphatic heterocycles. The highest BCUT2D eigenvalue weighted by Gasteiger charge is 2.44. The van der Waals surface area contributed by atoms with Crippen molar-refractivity contribution in [1.82, 2.24) is 9.80 Å². The second-order valence-electron chi connectivity index (χ2n) is 6.42. The molecule has 1 aromatic heterocycles. The van der Waals surface area contributed by atoms with Gasteiger partial charge in [0.05, 0.1) is 12.0 Å². The van der Waals surface area contributed by atoms with Crippen LogP contribution in [0.4, 0.5) is 0 Å². The summed E-state index contributed by atoms with van der Waals surface area (Å²) in [7, 11) is 0. The van der Waals surface area contributed by atoms with Gasteiger partial charge in [-0.05, 0) is 48.1 Å². The summed E-state index contributed by atoms with van der Waals surface area (Å²) < 4.78 is 0. The van der Waals surface area contributed by atoms with E-state index in [1.807, 2.05) is 9.80 Å². The standard InChI is InChI=1S/C16H20N2O2S/c19-15-8-12(9-18(15)13-3-4-13)16(20)17-6-1-2-14(17)11-5-7-21-10-11/h5,7,10,12-14H,1-4,6,8-9H2/t12-,14+/m0/s1. The Morgan fingerprint density at radius 2 is 2.14 bits per heavy atom. The Kier molecular flexibility index (Phi) is 3.25. The maximum atomic E-state index is 12.8. The van der Waals surface area contributed by atoms with Gasteiger partial charge in [0.25, 0.3) is 0 Å². The van der Waals surface area contributed by atoms with Crippen molar-refractivity contribution in [3.05, 3.63) is 22.4 Å². The summed E-state index contributed by atoms with van der Waals surface area (Å²) in [5.41, 5.74) is 1.26. The lowest BCUT2D eigenvalue weighted by atomic mass is 10.0. The number of hydrogen-bond acceptors (Lipinski definition) is 3. The van der Waals surface area contributed by atoms with E-state index in [0.29, 0.717) is 19.0 Å². The second-order valence-corrected chi connectivity index (χ2v) is 7.20. The number of carbonyl (C=O) groups excluding carboxylic acids is 2. The van der Waals surface area contributed by atoms with Gasteiger partial charge in [-0.25, -0.2) is 0 Å². The zero-order valence-corrected chi connectivity index (χ0v) is 12.8. The van der Waals surface area contributed by atoms with Crippen molar-refractivity contribution < 1.29 is 9.59 Å². The minimum Gasteiger partial charge on any atom is -0.339 e. The zero-order chi connectivity index (χ0) is 14.4. The smallest absolute Gasteiger partial charge is 0.228 e. The van der Waals surface area contributed by atoms with E-state index >= 15 is 0 Å². The van der Waals surface area contributed by atoms with Gasteiger partial charge in [-0.15, -0.1) is 0 Å². The molecule has 3 fully saturated rings. The molecule has 0 radical (unpaired) electrons. The molecule has 4 nitrogen and oxygen atoms in total. The highest BCUT2D eigenvalue weighted by molar-refractivity contribution is 7.07. The fourth-order valence-electron chi connectivity index (χ4n) is 3.71. The van der Waals surface area contributed by atoms with E-state index in [1.165, 1.54) is 5.56 Å². The summed E-state index contributed by atoms with van der Waals surface area (Å²) in [6, 6.07) is 2.78. The van der Waals surface area contributed by atoms with Gasteiger partial charge in [-0.1, -0.05) is 0 Å². The molecule has 1 saturated carbocycles. The normalized spacial score (nSPS) is 29.4. The average Bonchev–Trinajstić information content (AvgIpc) is 2.94. The van der Waals surface area contributed by atoms with Gasteiger partial charge in [-0.3, -0.25) is 9.59 Å². The van der Waals surface area contributed by atoms with Crippen LogP contribution in [0.15, 0.2) is 16.8 Å². The summed E-state index contributed by atoms with van der Waals surface area (Å²) >= 11 is 1.69.